The molecule has 9 heteroatoms. The van der Waals surface area contributed by atoms with E-state index in [2.05, 4.69) is 15.0 Å². The standard InChI is InChI=1S/C15H18ClN3O3S2/c1-3-4-9-17-14(20)13-10(2)18-15(23-13)19-24(21,22)12-7-5-11(16)6-8-12/h5-8H,3-4,9H2,1-2H3,(H,17,20)(H,18,19). The average molecular weight is 388 g/mol. The van der Waals surface area contributed by atoms with Crippen molar-refractivity contribution in [1.29, 1.82) is 0 Å². The van der Waals surface area contributed by atoms with Gasteiger partial charge < -0.3 is 5.32 Å². The number of sulfonamides is 1. The molecule has 130 valence electrons. The molecule has 24 heavy (non-hydrogen) atoms. The third kappa shape index (κ3) is 4.68. The summed E-state index contributed by atoms with van der Waals surface area (Å²) in [6.45, 7) is 4.29. The van der Waals surface area contributed by atoms with Gasteiger partial charge in [0.05, 0.1) is 10.6 Å². The van der Waals surface area contributed by atoms with E-state index in [1.807, 2.05) is 6.92 Å². The smallest absolute Gasteiger partial charge is 0.263 e. The van der Waals surface area contributed by atoms with Gasteiger partial charge in [0.25, 0.3) is 15.9 Å². The lowest BCUT2D eigenvalue weighted by atomic mass is 10.3. The van der Waals surface area contributed by atoms with Crippen LogP contribution in [0.15, 0.2) is 29.2 Å². The zero-order chi connectivity index (χ0) is 17.7. The fraction of sp³-hybridized carbons (Fsp3) is 0.333. The molecule has 0 spiro atoms. The number of thiazole rings is 1. The van der Waals surface area contributed by atoms with Gasteiger partial charge in [0, 0.05) is 11.6 Å². The van der Waals surface area contributed by atoms with Crippen molar-refractivity contribution >= 4 is 44.0 Å². The Bertz CT molecular complexity index is 817. The van der Waals surface area contributed by atoms with Gasteiger partial charge in [0.15, 0.2) is 5.13 Å². The van der Waals surface area contributed by atoms with Crippen LogP contribution in [0.2, 0.25) is 5.02 Å². The molecular formula is C15H18ClN3O3S2. The minimum Gasteiger partial charge on any atom is -0.351 e. The van der Waals surface area contributed by atoms with Gasteiger partial charge >= 0.3 is 0 Å². The van der Waals surface area contributed by atoms with Crippen LogP contribution < -0.4 is 10.0 Å². The van der Waals surface area contributed by atoms with Crippen LogP contribution in [-0.4, -0.2) is 25.9 Å². The van der Waals surface area contributed by atoms with Crippen LogP contribution >= 0.6 is 22.9 Å². The lowest BCUT2D eigenvalue weighted by Gasteiger charge is -2.04. The normalized spacial score (nSPS) is 11.3. The number of aromatic nitrogens is 1. The second-order valence-corrected chi connectivity index (χ2v) is 8.22. The number of hydrogen-bond donors (Lipinski definition) is 2. The van der Waals surface area contributed by atoms with Crippen molar-refractivity contribution in [2.24, 2.45) is 0 Å². The molecule has 0 aliphatic rings. The Kier molecular flexibility index (Phi) is 6.20. The average Bonchev–Trinajstić information content (AvgIpc) is 2.87. The molecular weight excluding hydrogens is 370 g/mol. The van der Waals surface area contributed by atoms with Gasteiger partial charge in [-0.2, -0.15) is 0 Å². The number of benzene rings is 1. The maximum absolute atomic E-state index is 12.3. The Hall–Kier alpha value is -1.64. The summed E-state index contributed by atoms with van der Waals surface area (Å²) in [6.07, 6.45) is 1.87. The molecule has 0 fully saturated rings. The first-order valence-corrected chi connectivity index (χ1v) is 10.0. The van der Waals surface area contributed by atoms with Crippen LogP contribution in [0.25, 0.3) is 0 Å². The molecule has 1 aromatic carbocycles. The van der Waals surface area contributed by atoms with Crippen LogP contribution in [0.1, 0.15) is 35.1 Å². The maximum atomic E-state index is 12.3. The highest BCUT2D eigenvalue weighted by Crippen LogP contribution is 2.25. The number of carbonyl (C=O) groups is 1. The zero-order valence-electron chi connectivity index (χ0n) is 13.3. The third-order valence-electron chi connectivity index (χ3n) is 3.16. The number of unbranched alkanes of at least 4 members (excludes halogenated alkanes) is 1. The number of carbonyl (C=O) groups excluding carboxylic acids is 1. The molecule has 0 bridgehead atoms. The molecule has 0 saturated carbocycles. The predicted molar refractivity (Wildman–Crippen MR) is 96.4 cm³/mol. The Labute approximate surface area is 150 Å². The number of amides is 1. The third-order valence-corrected chi connectivity index (χ3v) is 5.97. The van der Waals surface area contributed by atoms with Gasteiger partial charge in [-0.1, -0.05) is 36.3 Å². The fourth-order valence-electron chi connectivity index (χ4n) is 1.90. The Balaban J connectivity index is 2.14. The molecule has 0 saturated heterocycles. The van der Waals surface area contributed by atoms with Crippen LogP contribution in [0.5, 0.6) is 0 Å². The van der Waals surface area contributed by atoms with E-state index in [0.717, 1.165) is 24.2 Å². The number of hydrogen-bond acceptors (Lipinski definition) is 5. The monoisotopic (exact) mass is 387 g/mol. The molecule has 0 aliphatic heterocycles. The van der Waals surface area contributed by atoms with E-state index in [9.17, 15) is 13.2 Å². The van der Waals surface area contributed by atoms with Gasteiger partial charge in [-0.15, -0.1) is 0 Å². The Morgan fingerprint density at radius 2 is 1.96 bits per heavy atom. The number of halogens is 1. The quantitative estimate of drug-likeness (QED) is 0.712. The first kappa shape index (κ1) is 18.7. The largest absolute Gasteiger partial charge is 0.351 e. The second-order valence-electron chi connectivity index (χ2n) is 5.10. The molecule has 1 amide bonds. The van der Waals surface area contributed by atoms with Gasteiger partial charge in [-0.3, -0.25) is 9.52 Å². The summed E-state index contributed by atoms with van der Waals surface area (Å²) in [6, 6.07) is 5.80. The van der Waals surface area contributed by atoms with Gasteiger partial charge in [-0.05, 0) is 37.6 Å². The fourth-order valence-corrected chi connectivity index (χ4v) is 4.14. The molecule has 0 unspecified atom stereocenters. The van der Waals surface area contributed by atoms with Crippen LogP contribution in [0.3, 0.4) is 0 Å². The lowest BCUT2D eigenvalue weighted by Crippen LogP contribution is -2.24. The number of nitrogens with one attached hydrogen (secondary N) is 2. The van der Waals surface area contributed by atoms with Crippen LogP contribution in [0.4, 0.5) is 5.13 Å². The molecule has 6 nitrogen and oxygen atoms in total. The lowest BCUT2D eigenvalue weighted by molar-refractivity contribution is 0.0956. The molecule has 2 N–H and O–H groups in total. The predicted octanol–water partition coefficient (Wildman–Crippen LogP) is 3.44. The minimum atomic E-state index is -3.77. The van der Waals surface area contributed by atoms with E-state index in [4.69, 9.17) is 11.6 Å². The molecule has 1 heterocycles. The van der Waals surface area contributed by atoms with Crippen LogP contribution in [-0.2, 0) is 10.0 Å². The van der Waals surface area contributed by atoms with Gasteiger partial charge in [-0.25, -0.2) is 13.4 Å². The van der Waals surface area contributed by atoms with E-state index in [-0.39, 0.29) is 15.9 Å². The van der Waals surface area contributed by atoms with E-state index in [1.165, 1.54) is 24.3 Å². The number of nitrogens with zero attached hydrogens (tertiary/aromatic N) is 1. The van der Waals surface area contributed by atoms with Crippen molar-refractivity contribution in [3.05, 3.63) is 39.9 Å². The van der Waals surface area contributed by atoms with E-state index < -0.39 is 10.0 Å². The summed E-state index contributed by atoms with van der Waals surface area (Å²) >= 11 is 6.77. The topological polar surface area (TPSA) is 88.2 Å². The summed E-state index contributed by atoms with van der Waals surface area (Å²) < 4.78 is 27.0. The van der Waals surface area contributed by atoms with Crippen molar-refractivity contribution in [3.8, 4) is 0 Å². The highest BCUT2D eigenvalue weighted by Gasteiger charge is 2.20. The molecule has 2 rings (SSSR count). The summed E-state index contributed by atoms with van der Waals surface area (Å²) in [5, 5.41) is 3.40. The summed E-state index contributed by atoms with van der Waals surface area (Å²) in [5.74, 6) is -0.240. The minimum absolute atomic E-state index is 0.0775. The van der Waals surface area contributed by atoms with Gasteiger partial charge in [0.2, 0.25) is 0 Å². The number of aryl methyl sites for hydroxylation is 1. The van der Waals surface area contributed by atoms with E-state index in [0.29, 0.717) is 22.1 Å². The summed E-state index contributed by atoms with van der Waals surface area (Å²) in [5.41, 5.74) is 0.489. The maximum Gasteiger partial charge on any atom is 0.263 e. The van der Waals surface area contributed by atoms with Crippen LogP contribution in [0, 0.1) is 6.92 Å². The van der Waals surface area contributed by atoms with Crippen molar-refractivity contribution in [2.45, 2.75) is 31.6 Å². The SMILES string of the molecule is CCCCNC(=O)c1sc(NS(=O)(=O)c2ccc(Cl)cc2)nc1C. The summed E-state index contributed by atoms with van der Waals surface area (Å²) in [7, 11) is -3.77. The molecule has 0 aliphatic carbocycles. The first-order valence-electron chi connectivity index (χ1n) is 7.37. The zero-order valence-corrected chi connectivity index (χ0v) is 15.7. The molecule has 0 radical (unpaired) electrons. The number of rotatable bonds is 7. The highest BCUT2D eigenvalue weighted by atomic mass is 35.5. The van der Waals surface area contributed by atoms with Crippen molar-refractivity contribution < 1.29 is 13.2 Å². The molecule has 1 aromatic heterocycles. The Morgan fingerprint density at radius 3 is 2.58 bits per heavy atom. The Morgan fingerprint density at radius 1 is 1.29 bits per heavy atom. The highest BCUT2D eigenvalue weighted by molar-refractivity contribution is 7.93. The second kappa shape index (κ2) is 7.96. The summed E-state index contributed by atoms with van der Waals surface area (Å²) in [4.78, 5) is 16.7. The van der Waals surface area contributed by atoms with Gasteiger partial charge in [0.1, 0.15) is 4.88 Å². The number of anilines is 1. The van der Waals surface area contributed by atoms with Crippen molar-refractivity contribution in [2.75, 3.05) is 11.3 Å². The van der Waals surface area contributed by atoms with E-state index >= 15 is 0 Å². The van der Waals surface area contributed by atoms with E-state index in [1.54, 1.807) is 6.92 Å². The van der Waals surface area contributed by atoms with Crippen molar-refractivity contribution in [1.82, 2.24) is 10.3 Å². The first-order chi connectivity index (χ1) is 11.3. The molecule has 0 atom stereocenters. The molecule has 2 aromatic rings. The van der Waals surface area contributed by atoms with Crippen molar-refractivity contribution in [3.63, 3.8) is 0 Å².